The van der Waals surface area contributed by atoms with E-state index < -0.39 is 5.97 Å². The highest BCUT2D eigenvalue weighted by atomic mass is 16.5. The van der Waals surface area contributed by atoms with Crippen molar-refractivity contribution in [2.75, 3.05) is 26.1 Å². The maximum absolute atomic E-state index is 13.5. The SMILES string of the molecule is COC(=O)C1=C(C)N([C@H](C)c2ccccc2)C(=O)/C1=C\c1ccc(OCC(=O)Nc2ccccc2OC)cc1. The summed E-state index contributed by atoms with van der Waals surface area (Å²) in [5.41, 5.74) is 3.22. The molecule has 0 radical (unpaired) electrons. The van der Waals surface area contributed by atoms with Crippen LogP contribution in [0, 0.1) is 0 Å². The highest BCUT2D eigenvalue weighted by Gasteiger charge is 2.39. The first kappa shape index (κ1) is 27.2. The second kappa shape index (κ2) is 12.1. The Kier molecular flexibility index (Phi) is 8.46. The summed E-state index contributed by atoms with van der Waals surface area (Å²) in [7, 11) is 2.83. The number of benzene rings is 3. The van der Waals surface area contributed by atoms with E-state index in [0.29, 0.717) is 28.4 Å². The molecule has 0 aromatic heterocycles. The van der Waals surface area contributed by atoms with Crippen LogP contribution in [0.3, 0.4) is 0 Å². The largest absolute Gasteiger partial charge is 0.495 e. The summed E-state index contributed by atoms with van der Waals surface area (Å²) in [5.74, 6) is -0.159. The van der Waals surface area contributed by atoms with Gasteiger partial charge in [-0.15, -0.1) is 0 Å². The van der Waals surface area contributed by atoms with E-state index in [9.17, 15) is 14.4 Å². The Balaban J connectivity index is 1.49. The van der Waals surface area contributed by atoms with E-state index in [1.807, 2.05) is 43.3 Å². The minimum Gasteiger partial charge on any atom is -0.495 e. The zero-order valence-electron chi connectivity index (χ0n) is 22.3. The number of allylic oxidation sites excluding steroid dienone is 1. The number of carbonyl (C=O) groups excluding carboxylic acids is 3. The number of ether oxygens (including phenoxy) is 3. The fourth-order valence-electron chi connectivity index (χ4n) is 4.45. The molecule has 0 saturated heterocycles. The third-order valence-electron chi connectivity index (χ3n) is 6.44. The van der Waals surface area contributed by atoms with Crippen molar-refractivity contribution in [2.24, 2.45) is 0 Å². The molecule has 39 heavy (non-hydrogen) atoms. The predicted octanol–water partition coefficient (Wildman–Crippen LogP) is 5.15. The topological polar surface area (TPSA) is 94.2 Å². The fourth-order valence-corrected chi connectivity index (χ4v) is 4.45. The van der Waals surface area contributed by atoms with Crippen molar-refractivity contribution in [3.63, 3.8) is 0 Å². The van der Waals surface area contributed by atoms with Crippen molar-refractivity contribution >= 4 is 29.5 Å². The van der Waals surface area contributed by atoms with Gasteiger partial charge in [-0.2, -0.15) is 0 Å². The number of para-hydroxylation sites is 2. The molecular weight excluding hydrogens is 496 g/mol. The van der Waals surface area contributed by atoms with Crippen molar-refractivity contribution < 1.29 is 28.6 Å². The average molecular weight is 527 g/mol. The Morgan fingerprint density at radius 2 is 1.62 bits per heavy atom. The summed E-state index contributed by atoms with van der Waals surface area (Å²) in [5, 5.41) is 2.76. The third kappa shape index (κ3) is 6.01. The number of hydrogen-bond donors (Lipinski definition) is 1. The Morgan fingerprint density at radius 1 is 0.949 bits per heavy atom. The molecule has 8 nitrogen and oxygen atoms in total. The van der Waals surface area contributed by atoms with Gasteiger partial charge in [-0.3, -0.25) is 9.59 Å². The van der Waals surface area contributed by atoms with Gasteiger partial charge in [0.05, 0.1) is 37.1 Å². The lowest BCUT2D eigenvalue weighted by Crippen LogP contribution is -2.28. The number of nitrogens with zero attached hydrogens (tertiary/aromatic N) is 1. The van der Waals surface area contributed by atoms with Gasteiger partial charge in [0, 0.05) is 5.70 Å². The number of nitrogens with one attached hydrogen (secondary N) is 1. The van der Waals surface area contributed by atoms with Gasteiger partial charge in [-0.1, -0.05) is 54.6 Å². The van der Waals surface area contributed by atoms with Crippen LogP contribution in [0.1, 0.15) is 31.0 Å². The number of anilines is 1. The van der Waals surface area contributed by atoms with E-state index >= 15 is 0 Å². The molecule has 1 aliphatic heterocycles. The van der Waals surface area contributed by atoms with Gasteiger partial charge in [-0.05, 0) is 55.3 Å². The van der Waals surface area contributed by atoms with Crippen LogP contribution >= 0.6 is 0 Å². The van der Waals surface area contributed by atoms with E-state index in [4.69, 9.17) is 14.2 Å². The summed E-state index contributed by atoms with van der Waals surface area (Å²) >= 11 is 0. The predicted molar refractivity (Wildman–Crippen MR) is 148 cm³/mol. The molecule has 0 spiro atoms. The number of esters is 1. The molecule has 2 amide bonds. The van der Waals surface area contributed by atoms with E-state index in [1.54, 1.807) is 60.4 Å². The summed E-state index contributed by atoms with van der Waals surface area (Å²) in [6, 6.07) is 23.3. The molecular formula is C31H30N2O6. The van der Waals surface area contributed by atoms with Gasteiger partial charge in [0.25, 0.3) is 11.8 Å². The Hall–Kier alpha value is -4.85. The van der Waals surface area contributed by atoms with Gasteiger partial charge >= 0.3 is 5.97 Å². The molecule has 1 aliphatic rings. The van der Waals surface area contributed by atoms with Crippen LogP contribution < -0.4 is 14.8 Å². The number of rotatable bonds is 9. The number of hydrogen-bond acceptors (Lipinski definition) is 6. The van der Waals surface area contributed by atoms with Crippen LogP contribution in [0.25, 0.3) is 6.08 Å². The summed E-state index contributed by atoms with van der Waals surface area (Å²) in [6.45, 7) is 3.47. The molecule has 4 rings (SSSR count). The second-order valence-electron chi connectivity index (χ2n) is 8.88. The molecule has 200 valence electrons. The minimum atomic E-state index is -0.573. The first-order valence-corrected chi connectivity index (χ1v) is 12.4. The standard InChI is InChI=1S/C31H30N2O6/c1-20(23-10-6-5-7-11-23)33-21(2)29(31(36)38-4)25(30(33)35)18-22-14-16-24(17-15-22)39-19-28(34)32-26-12-8-9-13-27(26)37-3/h5-18,20H,19H2,1-4H3,(H,32,34)/b25-18-/t20-/m1/s1. The number of amides is 2. The molecule has 0 unspecified atom stereocenters. The summed E-state index contributed by atoms with van der Waals surface area (Å²) in [6.07, 6.45) is 1.66. The molecule has 8 heteroatoms. The van der Waals surface area contributed by atoms with Crippen LogP contribution in [-0.4, -0.2) is 43.5 Å². The van der Waals surface area contributed by atoms with Gasteiger partial charge in [0.2, 0.25) is 0 Å². The molecule has 1 heterocycles. The lowest BCUT2D eigenvalue weighted by Gasteiger charge is -2.26. The molecule has 1 N–H and O–H groups in total. The van der Waals surface area contributed by atoms with Gasteiger partial charge in [0.1, 0.15) is 11.5 Å². The Labute approximate surface area is 227 Å². The molecule has 3 aromatic rings. The van der Waals surface area contributed by atoms with Crippen molar-refractivity contribution in [3.8, 4) is 11.5 Å². The van der Waals surface area contributed by atoms with Crippen molar-refractivity contribution in [2.45, 2.75) is 19.9 Å². The fraction of sp³-hybridized carbons (Fsp3) is 0.194. The smallest absolute Gasteiger partial charge is 0.340 e. The zero-order valence-corrected chi connectivity index (χ0v) is 22.3. The molecule has 1 atom stereocenters. The van der Waals surface area contributed by atoms with E-state index in [-0.39, 0.29) is 35.6 Å². The van der Waals surface area contributed by atoms with E-state index in [1.165, 1.54) is 14.2 Å². The normalized spacial score (nSPS) is 14.8. The van der Waals surface area contributed by atoms with E-state index in [0.717, 1.165) is 5.56 Å². The lowest BCUT2D eigenvalue weighted by atomic mass is 10.0. The highest BCUT2D eigenvalue weighted by molar-refractivity contribution is 6.16. The lowest BCUT2D eigenvalue weighted by molar-refractivity contribution is -0.136. The number of methoxy groups -OCH3 is 2. The van der Waals surface area contributed by atoms with Crippen LogP contribution in [-0.2, 0) is 19.1 Å². The first-order chi connectivity index (χ1) is 18.8. The van der Waals surface area contributed by atoms with Crippen LogP contribution in [0.5, 0.6) is 11.5 Å². The van der Waals surface area contributed by atoms with Crippen LogP contribution in [0.15, 0.2) is 95.7 Å². The summed E-state index contributed by atoms with van der Waals surface area (Å²) < 4.78 is 15.9. The Bertz CT molecular complexity index is 1430. The monoisotopic (exact) mass is 526 g/mol. The maximum atomic E-state index is 13.5. The van der Waals surface area contributed by atoms with Crippen molar-refractivity contribution in [1.82, 2.24) is 4.90 Å². The number of carbonyl (C=O) groups is 3. The minimum absolute atomic E-state index is 0.197. The van der Waals surface area contributed by atoms with Gasteiger partial charge in [-0.25, -0.2) is 4.79 Å². The van der Waals surface area contributed by atoms with Gasteiger partial charge in [0.15, 0.2) is 6.61 Å². The van der Waals surface area contributed by atoms with Crippen LogP contribution in [0.2, 0.25) is 0 Å². The Morgan fingerprint density at radius 3 is 2.28 bits per heavy atom. The second-order valence-corrected chi connectivity index (χ2v) is 8.88. The van der Waals surface area contributed by atoms with Crippen molar-refractivity contribution in [3.05, 3.63) is 107 Å². The van der Waals surface area contributed by atoms with Crippen molar-refractivity contribution in [1.29, 1.82) is 0 Å². The van der Waals surface area contributed by atoms with Crippen LogP contribution in [0.4, 0.5) is 5.69 Å². The molecule has 0 bridgehead atoms. The molecule has 0 saturated carbocycles. The zero-order chi connectivity index (χ0) is 27.9. The van der Waals surface area contributed by atoms with E-state index in [2.05, 4.69) is 5.32 Å². The van der Waals surface area contributed by atoms with Gasteiger partial charge < -0.3 is 24.4 Å². The average Bonchev–Trinajstić information content (AvgIpc) is 3.21. The molecule has 0 aliphatic carbocycles. The first-order valence-electron chi connectivity index (χ1n) is 12.4. The third-order valence-corrected chi connectivity index (χ3v) is 6.44. The highest BCUT2D eigenvalue weighted by Crippen LogP contribution is 2.37. The summed E-state index contributed by atoms with van der Waals surface area (Å²) in [4.78, 5) is 40.2. The molecule has 0 fully saturated rings. The maximum Gasteiger partial charge on any atom is 0.340 e. The quantitative estimate of drug-likeness (QED) is 0.306. The molecule has 3 aromatic carbocycles.